The van der Waals surface area contributed by atoms with Crippen LogP contribution in [0, 0.1) is 0 Å². The van der Waals surface area contributed by atoms with E-state index in [-0.39, 0.29) is 0 Å². The number of aromatic nitrogens is 7. The van der Waals surface area contributed by atoms with E-state index in [1.54, 1.807) is 4.80 Å². The van der Waals surface area contributed by atoms with Gasteiger partial charge in [-0.05, 0) is 47.0 Å². The molecule has 0 fully saturated rings. The van der Waals surface area contributed by atoms with E-state index in [9.17, 15) is 0 Å². The lowest BCUT2D eigenvalue weighted by Crippen LogP contribution is -2.00. The standard InChI is InChI=1S/C52H33N7/c1-5-16-35(17-6-1)43-33-44-46(49-48(43)57-59(58-49)41-24-11-4-12-25-41)42-26-13-14-27-45(42)53-47(44)40-23-15-22-39(32-40)34-28-30-38(31-29-34)52-55-50(36-18-7-2-8-19-36)54-51(56-52)37-20-9-3-10-21-37/h1-33H. The lowest BCUT2D eigenvalue weighted by molar-refractivity contribution is 0.766. The van der Waals surface area contributed by atoms with Crippen LogP contribution >= 0.6 is 0 Å². The van der Waals surface area contributed by atoms with E-state index in [1.165, 1.54) is 0 Å². The molecule has 0 aliphatic heterocycles. The second-order valence-corrected chi connectivity index (χ2v) is 14.4. The van der Waals surface area contributed by atoms with Crippen LogP contribution in [0.25, 0.3) is 106 Å². The summed E-state index contributed by atoms with van der Waals surface area (Å²) in [6.45, 7) is 0. The minimum Gasteiger partial charge on any atom is -0.247 e. The maximum absolute atomic E-state index is 5.36. The number of para-hydroxylation sites is 2. The predicted molar refractivity (Wildman–Crippen MR) is 238 cm³/mol. The van der Waals surface area contributed by atoms with Gasteiger partial charge < -0.3 is 0 Å². The van der Waals surface area contributed by atoms with Crippen molar-refractivity contribution in [3.63, 3.8) is 0 Å². The molecule has 0 aliphatic carbocycles. The largest absolute Gasteiger partial charge is 0.247 e. The highest BCUT2D eigenvalue weighted by molar-refractivity contribution is 6.23. The molecular formula is C52H33N7. The molecule has 11 rings (SSSR count). The molecule has 0 N–H and O–H groups in total. The Balaban J connectivity index is 1.05. The van der Waals surface area contributed by atoms with Gasteiger partial charge in [0.15, 0.2) is 17.5 Å². The maximum atomic E-state index is 5.36. The van der Waals surface area contributed by atoms with Crippen LogP contribution in [-0.2, 0) is 0 Å². The third-order valence-corrected chi connectivity index (χ3v) is 10.7. The second kappa shape index (κ2) is 14.4. The van der Waals surface area contributed by atoms with E-state index >= 15 is 0 Å². The highest BCUT2D eigenvalue weighted by Gasteiger charge is 2.21. The van der Waals surface area contributed by atoms with E-state index in [0.717, 1.165) is 88.6 Å². The summed E-state index contributed by atoms with van der Waals surface area (Å²) in [4.78, 5) is 21.8. The summed E-state index contributed by atoms with van der Waals surface area (Å²) in [5.41, 5.74) is 12.4. The lowest BCUT2D eigenvalue weighted by Gasteiger charge is -2.14. The molecule has 0 atom stereocenters. The zero-order chi connectivity index (χ0) is 39.1. The molecule has 3 heterocycles. The second-order valence-electron chi connectivity index (χ2n) is 14.4. The number of nitrogens with zero attached hydrogens (tertiary/aromatic N) is 7. The average Bonchev–Trinajstić information content (AvgIpc) is 3.78. The molecule has 0 radical (unpaired) electrons. The Bertz CT molecular complexity index is 3240. The average molecular weight is 756 g/mol. The molecule has 8 aromatic carbocycles. The Kier molecular flexibility index (Phi) is 8.33. The number of fused-ring (bicyclic) bond motifs is 5. The molecule has 0 unspecified atom stereocenters. The first-order chi connectivity index (χ1) is 29.2. The molecular weight excluding hydrogens is 723 g/mol. The Labute approximate surface area is 340 Å². The summed E-state index contributed by atoms with van der Waals surface area (Å²) in [5, 5.41) is 13.4. The molecule has 0 saturated carbocycles. The Morgan fingerprint density at radius 3 is 1.46 bits per heavy atom. The molecule has 276 valence electrons. The fraction of sp³-hybridized carbons (Fsp3) is 0. The minimum absolute atomic E-state index is 0.620. The van der Waals surface area contributed by atoms with Gasteiger partial charge in [-0.25, -0.2) is 19.9 Å². The third-order valence-electron chi connectivity index (χ3n) is 10.7. The van der Waals surface area contributed by atoms with Crippen molar-refractivity contribution in [2.75, 3.05) is 0 Å². The van der Waals surface area contributed by atoms with E-state index < -0.39 is 0 Å². The van der Waals surface area contributed by atoms with E-state index in [1.807, 2.05) is 103 Å². The first-order valence-electron chi connectivity index (χ1n) is 19.5. The molecule has 0 aliphatic rings. The van der Waals surface area contributed by atoms with Crippen LogP contribution < -0.4 is 0 Å². The summed E-state index contributed by atoms with van der Waals surface area (Å²) in [6.07, 6.45) is 0. The van der Waals surface area contributed by atoms with Gasteiger partial charge in [-0.2, -0.15) is 4.80 Å². The van der Waals surface area contributed by atoms with Gasteiger partial charge in [0.05, 0.1) is 16.9 Å². The van der Waals surface area contributed by atoms with Gasteiger partial charge in [0.1, 0.15) is 11.0 Å². The van der Waals surface area contributed by atoms with Crippen LogP contribution in [-0.4, -0.2) is 34.9 Å². The zero-order valence-corrected chi connectivity index (χ0v) is 31.7. The molecule has 3 aromatic heterocycles. The van der Waals surface area contributed by atoms with Crippen molar-refractivity contribution in [2.45, 2.75) is 0 Å². The van der Waals surface area contributed by atoms with Gasteiger partial charge in [-0.15, -0.1) is 10.2 Å². The van der Waals surface area contributed by atoms with Crippen molar-refractivity contribution in [3.8, 4) is 73.4 Å². The predicted octanol–water partition coefficient (Wildman–Crippen LogP) is 12.3. The quantitative estimate of drug-likeness (QED) is 0.151. The number of benzene rings is 8. The monoisotopic (exact) mass is 755 g/mol. The lowest BCUT2D eigenvalue weighted by atomic mass is 9.93. The maximum Gasteiger partial charge on any atom is 0.164 e. The van der Waals surface area contributed by atoms with Crippen molar-refractivity contribution in [2.24, 2.45) is 0 Å². The molecule has 11 aromatic rings. The van der Waals surface area contributed by atoms with Crippen molar-refractivity contribution in [1.82, 2.24) is 34.9 Å². The van der Waals surface area contributed by atoms with Gasteiger partial charge >= 0.3 is 0 Å². The fourth-order valence-electron chi connectivity index (χ4n) is 7.82. The van der Waals surface area contributed by atoms with Gasteiger partial charge in [-0.1, -0.05) is 170 Å². The molecule has 0 bridgehead atoms. The number of pyridine rings is 1. The van der Waals surface area contributed by atoms with Crippen molar-refractivity contribution >= 4 is 32.7 Å². The summed E-state index contributed by atoms with van der Waals surface area (Å²) in [5.74, 6) is 1.89. The molecule has 7 heteroatoms. The van der Waals surface area contributed by atoms with E-state index in [0.29, 0.717) is 17.5 Å². The van der Waals surface area contributed by atoms with Gasteiger partial charge in [0.2, 0.25) is 0 Å². The van der Waals surface area contributed by atoms with Gasteiger partial charge in [0, 0.05) is 44.0 Å². The van der Waals surface area contributed by atoms with E-state index in [2.05, 4.69) is 97.1 Å². The Morgan fingerprint density at radius 1 is 0.322 bits per heavy atom. The van der Waals surface area contributed by atoms with Crippen molar-refractivity contribution in [1.29, 1.82) is 0 Å². The van der Waals surface area contributed by atoms with Crippen molar-refractivity contribution in [3.05, 3.63) is 200 Å². The van der Waals surface area contributed by atoms with E-state index in [4.69, 9.17) is 30.1 Å². The van der Waals surface area contributed by atoms with Crippen LogP contribution in [0.5, 0.6) is 0 Å². The highest BCUT2D eigenvalue weighted by Crippen LogP contribution is 2.41. The molecule has 0 saturated heterocycles. The smallest absolute Gasteiger partial charge is 0.164 e. The molecule has 0 spiro atoms. The molecule has 7 nitrogen and oxygen atoms in total. The number of hydrogen-bond acceptors (Lipinski definition) is 6. The minimum atomic E-state index is 0.620. The molecule has 59 heavy (non-hydrogen) atoms. The summed E-state index contributed by atoms with van der Waals surface area (Å²) < 4.78 is 0. The Morgan fingerprint density at radius 2 is 0.814 bits per heavy atom. The van der Waals surface area contributed by atoms with Crippen LogP contribution in [0.2, 0.25) is 0 Å². The highest BCUT2D eigenvalue weighted by atomic mass is 15.5. The summed E-state index contributed by atoms with van der Waals surface area (Å²) >= 11 is 0. The first-order valence-corrected chi connectivity index (χ1v) is 19.5. The van der Waals surface area contributed by atoms with Gasteiger partial charge in [0.25, 0.3) is 0 Å². The van der Waals surface area contributed by atoms with Crippen LogP contribution in [0.4, 0.5) is 0 Å². The number of rotatable bonds is 7. The van der Waals surface area contributed by atoms with Gasteiger partial charge in [-0.3, -0.25) is 0 Å². The number of hydrogen-bond donors (Lipinski definition) is 0. The molecule has 0 amide bonds. The summed E-state index contributed by atoms with van der Waals surface area (Å²) in [7, 11) is 0. The zero-order valence-electron chi connectivity index (χ0n) is 31.7. The third kappa shape index (κ3) is 6.27. The van der Waals surface area contributed by atoms with Crippen LogP contribution in [0.15, 0.2) is 200 Å². The fourth-order valence-corrected chi connectivity index (χ4v) is 7.82. The topological polar surface area (TPSA) is 82.3 Å². The normalized spacial score (nSPS) is 11.4. The summed E-state index contributed by atoms with van der Waals surface area (Å²) in [6, 6.07) is 68.2. The van der Waals surface area contributed by atoms with Crippen LogP contribution in [0.3, 0.4) is 0 Å². The van der Waals surface area contributed by atoms with Crippen molar-refractivity contribution < 1.29 is 0 Å². The van der Waals surface area contributed by atoms with Crippen LogP contribution in [0.1, 0.15) is 0 Å². The Hall–Kier alpha value is -8.16. The first kappa shape index (κ1) is 34.1. The SMILES string of the molecule is c1ccc(-c2nc(-c3ccccc3)nc(-c3ccc(-c4cccc(-c5nc6ccccc6c6c5cc(-c5ccccc5)c5nn(-c7ccccc7)nc56)c4)cc3)n2)cc1.